The first-order valence-electron chi connectivity index (χ1n) is 6.18. The monoisotopic (exact) mass is 237 g/mol. The molecule has 0 radical (unpaired) electrons. The van der Waals surface area contributed by atoms with Gasteiger partial charge in [0.15, 0.2) is 0 Å². The Morgan fingerprint density at radius 3 is 2.76 bits per heavy atom. The maximum absolute atomic E-state index is 13.1. The molecule has 1 aromatic rings. The Labute approximate surface area is 102 Å². The van der Waals surface area contributed by atoms with Gasteiger partial charge in [0, 0.05) is 6.61 Å². The highest BCUT2D eigenvalue weighted by Crippen LogP contribution is 2.36. The zero-order valence-corrected chi connectivity index (χ0v) is 10.5. The standard InChI is InChI=1S/C14H20FNO/c1-10-9-11(15)5-6-12(10)13(16)14(2)7-3-4-8-17-14/h5-6,9,13H,3-4,7-8,16H2,1-2H3. The van der Waals surface area contributed by atoms with Gasteiger partial charge in [-0.1, -0.05) is 6.07 Å². The number of hydrogen-bond donors (Lipinski definition) is 1. The van der Waals surface area contributed by atoms with E-state index < -0.39 is 0 Å². The third-order valence-corrected chi connectivity index (χ3v) is 3.72. The molecule has 0 amide bonds. The summed E-state index contributed by atoms with van der Waals surface area (Å²) in [4.78, 5) is 0. The number of halogens is 1. The predicted octanol–water partition coefficient (Wildman–Crippen LogP) is 3.09. The van der Waals surface area contributed by atoms with Gasteiger partial charge in [-0.15, -0.1) is 0 Å². The van der Waals surface area contributed by atoms with Crippen molar-refractivity contribution < 1.29 is 9.13 Å². The van der Waals surface area contributed by atoms with Crippen molar-refractivity contribution in [3.63, 3.8) is 0 Å². The molecule has 2 N–H and O–H groups in total. The summed E-state index contributed by atoms with van der Waals surface area (Å²) < 4.78 is 18.9. The van der Waals surface area contributed by atoms with Gasteiger partial charge in [-0.3, -0.25) is 0 Å². The quantitative estimate of drug-likeness (QED) is 0.857. The Morgan fingerprint density at radius 2 is 2.18 bits per heavy atom. The fourth-order valence-electron chi connectivity index (χ4n) is 2.52. The molecule has 2 unspecified atom stereocenters. The van der Waals surface area contributed by atoms with Crippen LogP contribution in [0.25, 0.3) is 0 Å². The minimum atomic E-state index is -0.319. The Kier molecular flexibility index (Phi) is 3.50. The topological polar surface area (TPSA) is 35.2 Å². The van der Waals surface area contributed by atoms with Crippen LogP contribution in [0.5, 0.6) is 0 Å². The van der Waals surface area contributed by atoms with Crippen molar-refractivity contribution in [3.05, 3.63) is 35.1 Å². The smallest absolute Gasteiger partial charge is 0.123 e. The summed E-state index contributed by atoms with van der Waals surface area (Å²) in [5, 5.41) is 0. The number of nitrogens with two attached hydrogens (primary N) is 1. The van der Waals surface area contributed by atoms with Crippen molar-refractivity contribution in [2.45, 2.75) is 44.8 Å². The van der Waals surface area contributed by atoms with E-state index in [0.717, 1.165) is 37.0 Å². The van der Waals surface area contributed by atoms with Crippen LogP contribution < -0.4 is 5.73 Å². The van der Waals surface area contributed by atoms with Crippen LogP contribution in [0.1, 0.15) is 43.4 Å². The summed E-state index contributed by atoms with van der Waals surface area (Å²) in [7, 11) is 0. The first-order valence-corrected chi connectivity index (χ1v) is 6.18. The van der Waals surface area contributed by atoms with Gasteiger partial charge in [-0.25, -0.2) is 4.39 Å². The Hall–Kier alpha value is -0.930. The normalized spacial score (nSPS) is 26.8. The highest BCUT2D eigenvalue weighted by molar-refractivity contribution is 5.31. The molecule has 2 rings (SSSR count). The molecule has 1 aliphatic heterocycles. The van der Waals surface area contributed by atoms with E-state index in [9.17, 15) is 4.39 Å². The molecule has 0 aliphatic carbocycles. The van der Waals surface area contributed by atoms with Crippen molar-refractivity contribution in [3.8, 4) is 0 Å². The SMILES string of the molecule is Cc1cc(F)ccc1C(N)C1(C)CCCCO1. The molecule has 0 saturated carbocycles. The zero-order valence-electron chi connectivity index (χ0n) is 10.5. The molecule has 0 spiro atoms. The van der Waals surface area contributed by atoms with Crippen molar-refractivity contribution in [2.24, 2.45) is 5.73 Å². The van der Waals surface area contributed by atoms with Gasteiger partial charge in [-0.2, -0.15) is 0 Å². The highest BCUT2D eigenvalue weighted by atomic mass is 19.1. The van der Waals surface area contributed by atoms with Gasteiger partial charge < -0.3 is 10.5 Å². The molecule has 1 aliphatic rings. The van der Waals surface area contributed by atoms with Crippen LogP contribution in [0, 0.1) is 12.7 Å². The van der Waals surface area contributed by atoms with Crippen LogP contribution in [0.4, 0.5) is 4.39 Å². The molecule has 94 valence electrons. The minimum absolute atomic E-state index is 0.191. The number of rotatable bonds is 2. The van der Waals surface area contributed by atoms with Gasteiger partial charge in [0.2, 0.25) is 0 Å². The second kappa shape index (κ2) is 4.75. The van der Waals surface area contributed by atoms with Crippen LogP contribution >= 0.6 is 0 Å². The first kappa shape index (κ1) is 12.5. The van der Waals surface area contributed by atoms with E-state index in [2.05, 4.69) is 6.92 Å². The van der Waals surface area contributed by atoms with Crippen LogP contribution in [0.15, 0.2) is 18.2 Å². The van der Waals surface area contributed by atoms with Crippen LogP contribution in [-0.4, -0.2) is 12.2 Å². The van der Waals surface area contributed by atoms with Gasteiger partial charge >= 0.3 is 0 Å². The maximum Gasteiger partial charge on any atom is 0.123 e. The van der Waals surface area contributed by atoms with Gasteiger partial charge in [0.25, 0.3) is 0 Å². The number of hydrogen-bond acceptors (Lipinski definition) is 2. The molecule has 2 atom stereocenters. The van der Waals surface area contributed by atoms with E-state index in [-0.39, 0.29) is 17.5 Å². The molecule has 1 heterocycles. The highest BCUT2D eigenvalue weighted by Gasteiger charge is 2.36. The van der Waals surface area contributed by atoms with E-state index in [1.165, 1.54) is 12.1 Å². The maximum atomic E-state index is 13.1. The third kappa shape index (κ3) is 2.50. The Morgan fingerprint density at radius 1 is 1.41 bits per heavy atom. The molecular formula is C14H20FNO. The van der Waals surface area contributed by atoms with Crippen LogP contribution in [0.2, 0.25) is 0 Å². The Bertz CT molecular complexity index is 399. The second-order valence-electron chi connectivity index (χ2n) is 5.10. The largest absolute Gasteiger partial charge is 0.373 e. The van der Waals surface area contributed by atoms with Crippen molar-refractivity contribution in [1.82, 2.24) is 0 Å². The van der Waals surface area contributed by atoms with Crippen molar-refractivity contribution in [1.29, 1.82) is 0 Å². The molecule has 1 fully saturated rings. The molecule has 2 nitrogen and oxygen atoms in total. The van der Waals surface area contributed by atoms with Crippen LogP contribution in [-0.2, 0) is 4.74 Å². The summed E-state index contributed by atoms with van der Waals surface area (Å²) in [6.07, 6.45) is 3.21. The average molecular weight is 237 g/mol. The summed E-state index contributed by atoms with van der Waals surface area (Å²) in [6.45, 7) is 4.72. The molecule has 0 bridgehead atoms. The van der Waals surface area contributed by atoms with Gasteiger partial charge in [-0.05, 0) is 56.4 Å². The fraction of sp³-hybridized carbons (Fsp3) is 0.571. The number of ether oxygens (including phenoxy) is 1. The molecule has 3 heteroatoms. The lowest BCUT2D eigenvalue weighted by molar-refractivity contribution is -0.0821. The molecular weight excluding hydrogens is 217 g/mol. The minimum Gasteiger partial charge on any atom is -0.373 e. The Balaban J connectivity index is 2.26. The first-order chi connectivity index (χ1) is 8.03. The summed E-state index contributed by atoms with van der Waals surface area (Å²) in [6, 6.07) is 4.58. The lowest BCUT2D eigenvalue weighted by Gasteiger charge is -2.39. The second-order valence-corrected chi connectivity index (χ2v) is 5.10. The average Bonchev–Trinajstić information content (AvgIpc) is 2.29. The van der Waals surface area contributed by atoms with Crippen LogP contribution in [0.3, 0.4) is 0 Å². The summed E-state index contributed by atoms with van der Waals surface area (Å²) >= 11 is 0. The van der Waals surface area contributed by atoms with E-state index >= 15 is 0 Å². The molecule has 1 saturated heterocycles. The number of benzene rings is 1. The lowest BCUT2D eigenvalue weighted by atomic mass is 9.83. The van der Waals surface area contributed by atoms with E-state index in [1.54, 1.807) is 6.07 Å². The predicted molar refractivity (Wildman–Crippen MR) is 66.3 cm³/mol. The fourth-order valence-corrected chi connectivity index (χ4v) is 2.52. The van der Waals surface area contributed by atoms with E-state index in [1.807, 2.05) is 6.92 Å². The van der Waals surface area contributed by atoms with Gasteiger partial charge in [0.05, 0.1) is 11.6 Å². The van der Waals surface area contributed by atoms with Gasteiger partial charge in [0.1, 0.15) is 5.82 Å². The van der Waals surface area contributed by atoms with Crippen molar-refractivity contribution in [2.75, 3.05) is 6.61 Å². The zero-order chi connectivity index (χ0) is 12.5. The van der Waals surface area contributed by atoms with E-state index in [4.69, 9.17) is 10.5 Å². The lowest BCUT2D eigenvalue weighted by Crippen LogP contribution is -2.43. The summed E-state index contributed by atoms with van der Waals surface area (Å²) in [5.74, 6) is -0.215. The number of aryl methyl sites for hydroxylation is 1. The van der Waals surface area contributed by atoms with Crippen molar-refractivity contribution >= 4 is 0 Å². The van der Waals surface area contributed by atoms with E-state index in [0.29, 0.717) is 0 Å². The molecule has 0 aromatic heterocycles. The molecule has 1 aromatic carbocycles. The third-order valence-electron chi connectivity index (χ3n) is 3.72. The molecule has 17 heavy (non-hydrogen) atoms. The summed E-state index contributed by atoms with van der Waals surface area (Å²) in [5.41, 5.74) is 7.87.